The van der Waals surface area contributed by atoms with Crippen LogP contribution in [0.25, 0.3) is 0 Å². The van der Waals surface area contributed by atoms with E-state index in [1.165, 1.54) is 13.1 Å². The van der Waals surface area contributed by atoms with Crippen molar-refractivity contribution in [2.75, 3.05) is 13.1 Å². The van der Waals surface area contributed by atoms with Crippen molar-refractivity contribution in [2.24, 2.45) is 11.8 Å². The zero-order valence-electron chi connectivity index (χ0n) is 10.2. The Kier molecular flexibility index (Phi) is 2.25. The minimum absolute atomic E-state index is 0.649. The number of nitrogens with zero attached hydrogens (tertiary/aromatic N) is 3. The molecule has 1 aromatic rings. The molecule has 1 saturated heterocycles. The third-order valence-electron chi connectivity index (χ3n) is 4.05. The molecular weight excluding hydrogens is 198 g/mol. The lowest BCUT2D eigenvalue weighted by Crippen LogP contribution is -2.31. The van der Waals surface area contributed by atoms with Gasteiger partial charge in [-0.3, -0.25) is 0 Å². The van der Waals surface area contributed by atoms with Crippen molar-refractivity contribution in [1.82, 2.24) is 14.9 Å². The second-order valence-corrected chi connectivity index (χ2v) is 5.52. The molecule has 1 saturated carbocycles. The molecule has 0 spiro atoms. The van der Waals surface area contributed by atoms with E-state index in [4.69, 9.17) is 0 Å². The molecular formula is C13H19N3. The monoisotopic (exact) mass is 217 g/mol. The van der Waals surface area contributed by atoms with Gasteiger partial charge >= 0.3 is 0 Å². The first-order valence-electron chi connectivity index (χ1n) is 6.19. The van der Waals surface area contributed by atoms with E-state index in [-0.39, 0.29) is 0 Å². The van der Waals surface area contributed by atoms with Crippen LogP contribution in [0.15, 0.2) is 12.4 Å². The summed E-state index contributed by atoms with van der Waals surface area (Å²) in [5, 5.41) is 0. The Bertz CT molecular complexity index is 373. The molecule has 2 heterocycles. The van der Waals surface area contributed by atoms with Crippen molar-refractivity contribution in [3.05, 3.63) is 23.8 Å². The van der Waals surface area contributed by atoms with E-state index in [0.717, 1.165) is 23.2 Å². The number of fused-ring (bicyclic) bond motifs is 1. The SMILES string of the molecule is Cc1cnc(C2C3CN(C(C)C)CC32)nc1. The first-order chi connectivity index (χ1) is 7.66. The molecule has 86 valence electrons. The molecule has 3 rings (SSSR count). The molecule has 3 nitrogen and oxygen atoms in total. The third kappa shape index (κ3) is 1.54. The van der Waals surface area contributed by atoms with Gasteiger partial charge < -0.3 is 4.90 Å². The van der Waals surface area contributed by atoms with Crippen molar-refractivity contribution in [1.29, 1.82) is 0 Å². The van der Waals surface area contributed by atoms with Crippen molar-refractivity contribution in [3.8, 4) is 0 Å². The molecule has 1 aromatic heterocycles. The minimum Gasteiger partial charge on any atom is -0.300 e. The number of hydrogen-bond acceptors (Lipinski definition) is 3. The number of rotatable bonds is 2. The van der Waals surface area contributed by atoms with Gasteiger partial charge in [0.25, 0.3) is 0 Å². The number of hydrogen-bond donors (Lipinski definition) is 0. The van der Waals surface area contributed by atoms with Crippen molar-refractivity contribution in [2.45, 2.75) is 32.7 Å². The van der Waals surface area contributed by atoms with E-state index >= 15 is 0 Å². The Morgan fingerprint density at radius 1 is 1.19 bits per heavy atom. The average Bonchev–Trinajstić information content (AvgIpc) is 2.75. The van der Waals surface area contributed by atoms with Gasteiger partial charge in [-0.2, -0.15) is 0 Å². The van der Waals surface area contributed by atoms with Crippen LogP contribution in [0, 0.1) is 18.8 Å². The van der Waals surface area contributed by atoms with E-state index in [9.17, 15) is 0 Å². The summed E-state index contributed by atoms with van der Waals surface area (Å²) < 4.78 is 0. The molecule has 0 bridgehead atoms. The van der Waals surface area contributed by atoms with Crippen LogP contribution >= 0.6 is 0 Å². The first kappa shape index (κ1) is 10.2. The molecule has 1 aliphatic carbocycles. The average molecular weight is 217 g/mol. The Labute approximate surface area is 96.9 Å². The van der Waals surface area contributed by atoms with Gasteiger partial charge in [-0.05, 0) is 38.2 Å². The third-order valence-corrected chi connectivity index (χ3v) is 4.05. The highest BCUT2D eigenvalue weighted by Gasteiger charge is 2.57. The molecule has 0 radical (unpaired) electrons. The van der Waals surface area contributed by atoms with Crippen molar-refractivity contribution in [3.63, 3.8) is 0 Å². The second-order valence-electron chi connectivity index (χ2n) is 5.52. The summed E-state index contributed by atoms with van der Waals surface area (Å²) in [6.07, 6.45) is 3.88. The molecule has 2 aliphatic rings. The van der Waals surface area contributed by atoms with Gasteiger partial charge in [-0.1, -0.05) is 0 Å². The highest BCUT2D eigenvalue weighted by molar-refractivity contribution is 5.20. The summed E-state index contributed by atoms with van der Waals surface area (Å²) in [6.45, 7) is 9.08. The largest absolute Gasteiger partial charge is 0.300 e. The summed E-state index contributed by atoms with van der Waals surface area (Å²) in [4.78, 5) is 11.5. The van der Waals surface area contributed by atoms with Gasteiger partial charge in [0.05, 0.1) is 0 Å². The van der Waals surface area contributed by atoms with Gasteiger partial charge in [0, 0.05) is 37.4 Å². The predicted molar refractivity (Wildman–Crippen MR) is 63.2 cm³/mol. The maximum Gasteiger partial charge on any atom is 0.131 e. The topological polar surface area (TPSA) is 29.0 Å². The van der Waals surface area contributed by atoms with Crippen LogP contribution in [0.2, 0.25) is 0 Å². The highest BCUT2D eigenvalue weighted by atomic mass is 15.2. The Morgan fingerprint density at radius 3 is 2.25 bits per heavy atom. The van der Waals surface area contributed by atoms with E-state index in [1.807, 2.05) is 19.3 Å². The van der Waals surface area contributed by atoms with Gasteiger partial charge in [0.1, 0.15) is 5.82 Å². The molecule has 1 aliphatic heterocycles. The van der Waals surface area contributed by atoms with E-state index < -0.39 is 0 Å². The van der Waals surface area contributed by atoms with E-state index in [1.54, 1.807) is 0 Å². The van der Waals surface area contributed by atoms with Crippen LogP contribution in [0.3, 0.4) is 0 Å². The number of piperidine rings is 1. The van der Waals surface area contributed by atoms with Crippen LogP contribution in [0.1, 0.15) is 31.2 Å². The zero-order valence-corrected chi connectivity index (χ0v) is 10.2. The van der Waals surface area contributed by atoms with Crippen LogP contribution in [-0.2, 0) is 0 Å². The van der Waals surface area contributed by atoms with Crippen molar-refractivity contribution < 1.29 is 0 Å². The van der Waals surface area contributed by atoms with E-state index in [2.05, 4.69) is 28.7 Å². The Balaban J connectivity index is 1.68. The fourth-order valence-corrected chi connectivity index (χ4v) is 2.94. The number of aryl methyl sites for hydroxylation is 1. The summed E-state index contributed by atoms with van der Waals surface area (Å²) in [5.74, 6) is 3.37. The highest BCUT2D eigenvalue weighted by Crippen LogP contribution is 2.57. The summed E-state index contributed by atoms with van der Waals surface area (Å²) >= 11 is 0. The normalized spacial score (nSPS) is 33.1. The van der Waals surface area contributed by atoms with Gasteiger partial charge in [-0.15, -0.1) is 0 Å². The van der Waals surface area contributed by atoms with Crippen LogP contribution in [-0.4, -0.2) is 34.0 Å². The predicted octanol–water partition coefficient (Wildman–Crippen LogP) is 1.84. The molecule has 0 N–H and O–H groups in total. The maximum atomic E-state index is 4.46. The van der Waals surface area contributed by atoms with Crippen LogP contribution < -0.4 is 0 Å². The summed E-state index contributed by atoms with van der Waals surface area (Å²) in [5.41, 5.74) is 1.15. The molecule has 0 aromatic carbocycles. The Morgan fingerprint density at radius 2 is 1.75 bits per heavy atom. The second kappa shape index (κ2) is 3.52. The number of aromatic nitrogens is 2. The van der Waals surface area contributed by atoms with E-state index in [0.29, 0.717) is 12.0 Å². The van der Waals surface area contributed by atoms with Crippen LogP contribution in [0.5, 0.6) is 0 Å². The molecule has 0 amide bonds. The van der Waals surface area contributed by atoms with Gasteiger partial charge in [0.15, 0.2) is 0 Å². The first-order valence-corrected chi connectivity index (χ1v) is 6.19. The standard InChI is InChI=1S/C13H19N3/c1-8(2)16-6-10-11(7-16)12(10)13-14-4-9(3)5-15-13/h4-5,8,10-12H,6-7H2,1-3H3. The molecule has 16 heavy (non-hydrogen) atoms. The molecule has 3 heteroatoms. The molecule has 2 atom stereocenters. The fraction of sp³-hybridized carbons (Fsp3) is 0.692. The smallest absolute Gasteiger partial charge is 0.131 e. The minimum atomic E-state index is 0.649. The van der Waals surface area contributed by atoms with Crippen molar-refractivity contribution >= 4 is 0 Å². The lowest BCUT2D eigenvalue weighted by Gasteiger charge is -2.23. The lowest BCUT2D eigenvalue weighted by molar-refractivity contribution is 0.242. The van der Waals surface area contributed by atoms with Gasteiger partial charge in [0.2, 0.25) is 0 Å². The maximum absolute atomic E-state index is 4.46. The summed E-state index contributed by atoms with van der Waals surface area (Å²) in [6, 6.07) is 0.687. The van der Waals surface area contributed by atoms with Gasteiger partial charge in [-0.25, -0.2) is 9.97 Å². The summed E-state index contributed by atoms with van der Waals surface area (Å²) in [7, 11) is 0. The fourth-order valence-electron chi connectivity index (χ4n) is 2.94. The quantitative estimate of drug-likeness (QED) is 0.757. The zero-order chi connectivity index (χ0) is 11.3. The molecule has 2 unspecified atom stereocenters. The lowest BCUT2D eigenvalue weighted by atomic mass is 10.2. The Hall–Kier alpha value is -0.960. The van der Waals surface area contributed by atoms with Crippen LogP contribution in [0.4, 0.5) is 0 Å². The molecule has 2 fully saturated rings. The number of likely N-dealkylation sites (tertiary alicyclic amines) is 1.